The summed E-state index contributed by atoms with van der Waals surface area (Å²) < 4.78 is 12.2. The predicted octanol–water partition coefficient (Wildman–Crippen LogP) is 3.10. The summed E-state index contributed by atoms with van der Waals surface area (Å²) in [6, 6.07) is 6.04. The lowest BCUT2D eigenvalue weighted by Crippen LogP contribution is -2.25. The van der Waals surface area contributed by atoms with Crippen molar-refractivity contribution < 1.29 is 9.47 Å². The molecule has 0 spiro atoms. The van der Waals surface area contributed by atoms with Crippen LogP contribution in [-0.4, -0.2) is 19.8 Å². The Balaban J connectivity index is 1.92. The summed E-state index contributed by atoms with van der Waals surface area (Å²) in [6.07, 6.45) is 3.90. The fourth-order valence-electron chi connectivity index (χ4n) is 2.49. The minimum Gasteiger partial charge on any atom is -0.496 e. The van der Waals surface area contributed by atoms with E-state index in [1.54, 1.807) is 7.11 Å². The zero-order valence-corrected chi connectivity index (χ0v) is 12.3. The molecule has 0 heterocycles. The van der Waals surface area contributed by atoms with E-state index in [4.69, 9.17) is 15.2 Å². The number of hydrogen-bond donors (Lipinski definition) is 1. The Morgan fingerprint density at radius 1 is 1.39 bits per heavy atom. The maximum Gasteiger partial charge on any atom is 0.133 e. The van der Waals surface area contributed by atoms with Gasteiger partial charge in [-0.15, -0.1) is 0 Å². The SMILES string of the molecule is COc1ccc(COC2CCCC2CN)cc1Br. The number of rotatable bonds is 5. The van der Waals surface area contributed by atoms with Gasteiger partial charge in [0.15, 0.2) is 0 Å². The van der Waals surface area contributed by atoms with Crippen LogP contribution in [0.3, 0.4) is 0 Å². The van der Waals surface area contributed by atoms with E-state index in [0.717, 1.165) is 28.8 Å². The number of ether oxygens (including phenoxy) is 2. The summed E-state index contributed by atoms with van der Waals surface area (Å²) in [7, 11) is 1.67. The first-order valence-electron chi connectivity index (χ1n) is 6.38. The van der Waals surface area contributed by atoms with Crippen molar-refractivity contribution in [3.63, 3.8) is 0 Å². The van der Waals surface area contributed by atoms with Crippen LogP contribution >= 0.6 is 15.9 Å². The van der Waals surface area contributed by atoms with Crippen molar-refractivity contribution in [1.82, 2.24) is 0 Å². The minimum absolute atomic E-state index is 0.330. The maximum atomic E-state index is 5.98. The van der Waals surface area contributed by atoms with Gasteiger partial charge in [-0.2, -0.15) is 0 Å². The molecule has 2 rings (SSSR count). The quantitative estimate of drug-likeness (QED) is 0.908. The van der Waals surface area contributed by atoms with Crippen LogP contribution in [0.25, 0.3) is 0 Å². The fourth-order valence-corrected chi connectivity index (χ4v) is 3.08. The van der Waals surface area contributed by atoms with Crippen molar-refractivity contribution >= 4 is 15.9 Å². The average molecular weight is 314 g/mol. The molecule has 0 aliphatic heterocycles. The van der Waals surface area contributed by atoms with Gasteiger partial charge in [-0.3, -0.25) is 0 Å². The zero-order valence-electron chi connectivity index (χ0n) is 10.7. The topological polar surface area (TPSA) is 44.5 Å². The van der Waals surface area contributed by atoms with Crippen LogP contribution in [0.15, 0.2) is 22.7 Å². The Hall–Kier alpha value is -0.580. The van der Waals surface area contributed by atoms with Crippen LogP contribution in [0.2, 0.25) is 0 Å². The van der Waals surface area contributed by atoms with Gasteiger partial charge in [0.2, 0.25) is 0 Å². The summed E-state index contributed by atoms with van der Waals surface area (Å²) in [5.41, 5.74) is 6.91. The van der Waals surface area contributed by atoms with Crippen LogP contribution in [0, 0.1) is 5.92 Å². The highest BCUT2D eigenvalue weighted by Gasteiger charge is 2.26. The van der Waals surface area contributed by atoms with Gasteiger partial charge >= 0.3 is 0 Å². The molecule has 2 N–H and O–H groups in total. The summed E-state index contributed by atoms with van der Waals surface area (Å²) in [5, 5.41) is 0. The van der Waals surface area contributed by atoms with Gasteiger partial charge in [-0.05, 0) is 58.9 Å². The molecule has 0 saturated heterocycles. The zero-order chi connectivity index (χ0) is 13.0. The summed E-state index contributed by atoms with van der Waals surface area (Å²) in [6.45, 7) is 1.38. The van der Waals surface area contributed by atoms with Gasteiger partial charge in [-0.25, -0.2) is 0 Å². The largest absolute Gasteiger partial charge is 0.496 e. The van der Waals surface area contributed by atoms with E-state index in [0.29, 0.717) is 18.6 Å². The molecule has 100 valence electrons. The van der Waals surface area contributed by atoms with Crippen molar-refractivity contribution in [3.05, 3.63) is 28.2 Å². The van der Waals surface area contributed by atoms with Gasteiger partial charge in [0.25, 0.3) is 0 Å². The molecule has 2 atom stereocenters. The van der Waals surface area contributed by atoms with E-state index in [9.17, 15) is 0 Å². The molecule has 0 amide bonds. The molecule has 1 aliphatic carbocycles. The monoisotopic (exact) mass is 313 g/mol. The van der Waals surface area contributed by atoms with Gasteiger partial charge in [0.05, 0.1) is 24.3 Å². The number of benzene rings is 1. The van der Waals surface area contributed by atoms with Gasteiger partial charge < -0.3 is 15.2 Å². The first-order chi connectivity index (χ1) is 8.74. The Kier molecular flexibility index (Phi) is 5.03. The lowest BCUT2D eigenvalue weighted by molar-refractivity contribution is 0.0182. The lowest BCUT2D eigenvalue weighted by Gasteiger charge is -2.18. The van der Waals surface area contributed by atoms with Crippen molar-refractivity contribution in [2.24, 2.45) is 11.7 Å². The van der Waals surface area contributed by atoms with E-state index < -0.39 is 0 Å². The van der Waals surface area contributed by atoms with Crippen molar-refractivity contribution in [3.8, 4) is 5.75 Å². The predicted molar refractivity (Wildman–Crippen MR) is 75.7 cm³/mol. The van der Waals surface area contributed by atoms with Crippen molar-refractivity contribution in [1.29, 1.82) is 0 Å². The van der Waals surface area contributed by atoms with Crippen LogP contribution in [0.4, 0.5) is 0 Å². The van der Waals surface area contributed by atoms with E-state index in [-0.39, 0.29) is 0 Å². The second-order valence-corrected chi connectivity index (χ2v) is 5.60. The van der Waals surface area contributed by atoms with E-state index >= 15 is 0 Å². The Labute approximate surface area is 117 Å². The van der Waals surface area contributed by atoms with Crippen LogP contribution < -0.4 is 10.5 Å². The molecule has 1 aromatic rings. The molecule has 1 aliphatic rings. The summed E-state index contributed by atoms with van der Waals surface area (Å²) in [5.74, 6) is 1.38. The third kappa shape index (κ3) is 3.25. The van der Waals surface area contributed by atoms with Gasteiger partial charge in [-0.1, -0.05) is 12.5 Å². The van der Waals surface area contributed by atoms with E-state index in [2.05, 4.69) is 15.9 Å². The molecule has 0 aromatic heterocycles. The molecule has 0 bridgehead atoms. The highest BCUT2D eigenvalue weighted by Crippen LogP contribution is 2.29. The molecule has 3 nitrogen and oxygen atoms in total. The minimum atomic E-state index is 0.330. The first kappa shape index (κ1) is 13.8. The molecule has 2 unspecified atom stereocenters. The molecule has 1 fully saturated rings. The van der Waals surface area contributed by atoms with Crippen LogP contribution in [0.1, 0.15) is 24.8 Å². The van der Waals surface area contributed by atoms with Crippen LogP contribution in [-0.2, 0) is 11.3 Å². The second kappa shape index (κ2) is 6.55. The Bertz CT molecular complexity index is 397. The molecular formula is C14H20BrNO2. The number of methoxy groups -OCH3 is 1. The van der Waals surface area contributed by atoms with Crippen LogP contribution in [0.5, 0.6) is 5.75 Å². The molecule has 18 heavy (non-hydrogen) atoms. The molecular weight excluding hydrogens is 294 g/mol. The third-order valence-electron chi connectivity index (χ3n) is 3.57. The van der Waals surface area contributed by atoms with E-state index in [1.165, 1.54) is 12.8 Å². The number of hydrogen-bond acceptors (Lipinski definition) is 3. The van der Waals surface area contributed by atoms with E-state index in [1.807, 2.05) is 18.2 Å². The summed E-state index contributed by atoms with van der Waals surface area (Å²) in [4.78, 5) is 0. The standard InChI is InChI=1S/C14H20BrNO2/c1-17-14-6-5-10(7-12(14)15)9-18-13-4-2-3-11(13)8-16/h5-7,11,13H,2-4,8-9,16H2,1H3. The highest BCUT2D eigenvalue weighted by atomic mass is 79.9. The smallest absolute Gasteiger partial charge is 0.133 e. The molecule has 4 heteroatoms. The fraction of sp³-hybridized carbons (Fsp3) is 0.571. The Morgan fingerprint density at radius 3 is 2.89 bits per heavy atom. The summed E-state index contributed by atoms with van der Waals surface area (Å²) >= 11 is 3.49. The normalized spacial score (nSPS) is 23.3. The van der Waals surface area contributed by atoms with Crippen molar-refractivity contribution in [2.75, 3.05) is 13.7 Å². The Morgan fingerprint density at radius 2 is 2.22 bits per heavy atom. The average Bonchev–Trinajstić information content (AvgIpc) is 2.84. The first-order valence-corrected chi connectivity index (χ1v) is 7.18. The lowest BCUT2D eigenvalue weighted by atomic mass is 10.1. The molecule has 0 radical (unpaired) electrons. The molecule has 1 saturated carbocycles. The number of nitrogens with two attached hydrogens (primary N) is 1. The highest BCUT2D eigenvalue weighted by molar-refractivity contribution is 9.10. The van der Waals surface area contributed by atoms with Gasteiger partial charge in [0, 0.05) is 0 Å². The van der Waals surface area contributed by atoms with Gasteiger partial charge in [0.1, 0.15) is 5.75 Å². The maximum absolute atomic E-state index is 5.98. The van der Waals surface area contributed by atoms with Crippen molar-refractivity contribution in [2.45, 2.75) is 32.0 Å². The second-order valence-electron chi connectivity index (χ2n) is 4.75. The number of halogens is 1. The third-order valence-corrected chi connectivity index (χ3v) is 4.19. The molecule has 1 aromatic carbocycles.